The maximum atomic E-state index is 12.4. The highest BCUT2D eigenvalue weighted by Gasteiger charge is 2.69. The number of hydrogen-bond acceptors (Lipinski definition) is 3. The SMILES string of the molecule is COC(=O)c1cccc(C23CC(c4ccc(OC)cc4)(C2)C3)c1-n1cccc1. The van der Waals surface area contributed by atoms with E-state index >= 15 is 0 Å². The Bertz CT molecular complexity index is 1010. The molecule has 3 fully saturated rings. The Hall–Kier alpha value is -3.01. The third-order valence-electron chi connectivity index (χ3n) is 6.61. The van der Waals surface area contributed by atoms with Crippen LogP contribution in [0.3, 0.4) is 0 Å². The van der Waals surface area contributed by atoms with E-state index < -0.39 is 0 Å². The number of carbonyl (C=O) groups is 1. The predicted molar refractivity (Wildman–Crippen MR) is 107 cm³/mol. The lowest BCUT2D eigenvalue weighted by Crippen LogP contribution is -2.67. The molecule has 1 heterocycles. The molecule has 3 aliphatic rings. The Labute approximate surface area is 164 Å². The fourth-order valence-corrected chi connectivity index (χ4v) is 5.33. The monoisotopic (exact) mass is 373 g/mol. The third kappa shape index (κ3) is 2.27. The number of benzene rings is 2. The topological polar surface area (TPSA) is 40.5 Å². The van der Waals surface area contributed by atoms with Gasteiger partial charge in [0, 0.05) is 12.4 Å². The van der Waals surface area contributed by atoms with Gasteiger partial charge in [-0.1, -0.05) is 24.3 Å². The molecule has 3 aliphatic carbocycles. The summed E-state index contributed by atoms with van der Waals surface area (Å²) >= 11 is 0. The number of esters is 1. The van der Waals surface area contributed by atoms with Crippen molar-refractivity contribution in [3.63, 3.8) is 0 Å². The molecular formula is C24H23NO3. The van der Waals surface area contributed by atoms with Gasteiger partial charge in [-0.05, 0) is 71.6 Å². The Morgan fingerprint density at radius 1 is 0.893 bits per heavy atom. The molecular weight excluding hydrogens is 350 g/mol. The molecule has 0 unspecified atom stereocenters. The van der Waals surface area contributed by atoms with Crippen LogP contribution in [0.4, 0.5) is 0 Å². The van der Waals surface area contributed by atoms with Crippen molar-refractivity contribution in [3.8, 4) is 11.4 Å². The first-order chi connectivity index (χ1) is 13.6. The van der Waals surface area contributed by atoms with Gasteiger partial charge < -0.3 is 14.0 Å². The number of aromatic nitrogens is 1. The molecule has 3 saturated carbocycles. The average molecular weight is 373 g/mol. The molecule has 0 N–H and O–H groups in total. The minimum absolute atomic E-state index is 0.142. The second-order valence-corrected chi connectivity index (χ2v) is 8.10. The number of methoxy groups -OCH3 is 2. The van der Waals surface area contributed by atoms with Crippen LogP contribution in [0.1, 0.15) is 40.7 Å². The minimum Gasteiger partial charge on any atom is -0.497 e. The maximum Gasteiger partial charge on any atom is 0.340 e. The van der Waals surface area contributed by atoms with Crippen LogP contribution in [0, 0.1) is 0 Å². The van der Waals surface area contributed by atoms with Gasteiger partial charge in [0.25, 0.3) is 0 Å². The molecule has 28 heavy (non-hydrogen) atoms. The zero-order chi connectivity index (χ0) is 19.4. The van der Waals surface area contributed by atoms with E-state index in [0.717, 1.165) is 30.7 Å². The van der Waals surface area contributed by atoms with Crippen LogP contribution in [0.2, 0.25) is 0 Å². The van der Waals surface area contributed by atoms with Crippen molar-refractivity contribution in [1.82, 2.24) is 4.57 Å². The zero-order valence-corrected chi connectivity index (χ0v) is 16.1. The number of carbonyl (C=O) groups excluding carboxylic acids is 1. The molecule has 6 rings (SSSR count). The van der Waals surface area contributed by atoms with Gasteiger partial charge in [0.1, 0.15) is 5.75 Å². The summed E-state index contributed by atoms with van der Waals surface area (Å²) in [5.41, 5.74) is 4.64. The lowest BCUT2D eigenvalue weighted by atomic mass is 9.32. The zero-order valence-electron chi connectivity index (χ0n) is 16.1. The third-order valence-corrected chi connectivity index (χ3v) is 6.61. The Kier molecular flexibility index (Phi) is 3.66. The van der Waals surface area contributed by atoms with Crippen molar-refractivity contribution in [2.75, 3.05) is 14.2 Å². The summed E-state index contributed by atoms with van der Waals surface area (Å²) in [7, 11) is 3.14. The Morgan fingerprint density at radius 3 is 2.18 bits per heavy atom. The van der Waals surface area contributed by atoms with E-state index in [2.05, 4.69) is 18.2 Å². The van der Waals surface area contributed by atoms with Crippen molar-refractivity contribution >= 4 is 5.97 Å². The van der Waals surface area contributed by atoms with Gasteiger partial charge in [-0.15, -0.1) is 0 Å². The molecule has 0 aliphatic heterocycles. The Balaban J connectivity index is 1.51. The summed E-state index contributed by atoms with van der Waals surface area (Å²) in [5, 5.41) is 0. The van der Waals surface area contributed by atoms with E-state index in [1.165, 1.54) is 18.2 Å². The number of rotatable bonds is 5. The largest absolute Gasteiger partial charge is 0.497 e. The van der Waals surface area contributed by atoms with E-state index in [4.69, 9.17) is 9.47 Å². The molecule has 4 nitrogen and oxygen atoms in total. The van der Waals surface area contributed by atoms with E-state index in [9.17, 15) is 4.79 Å². The van der Waals surface area contributed by atoms with E-state index in [1.54, 1.807) is 7.11 Å². The summed E-state index contributed by atoms with van der Waals surface area (Å²) in [5.74, 6) is 0.604. The highest BCUT2D eigenvalue weighted by atomic mass is 16.5. The van der Waals surface area contributed by atoms with Crippen LogP contribution >= 0.6 is 0 Å². The average Bonchev–Trinajstić information content (AvgIpc) is 3.20. The summed E-state index contributed by atoms with van der Waals surface area (Å²) in [4.78, 5) is 12.4. The lowest BCUT2D eigenvalue weighted by molar-refractivity contribution is -0.0693. The standard InChI is InChI=1S/C24H23NO3/c1-27-18-10-8-17(9-11-18)23-14-24(15-23,16-23)20-7-5-6-19(22(26)28-2)21(20)25-12-3-4-13-25/h3-13H,14-16H2,1-2H3. The number of ether oxygens (including phenoxy) is 2. The van der Waals surface area contributed by atoms with Gasteiger partial charge >= 0.3 is 5.97 Å². The second-order valence-electron chi connectivity index (χ2n) is 8.10. The van der Waals surface area contributed by atoms with Crippen LogP contribution in [0.5, 0.6) is 5.75 Å². The second kappa shape index (κ2) is 5.99. The lowest BCUT2D eigenvalue weighted by Gasteiger charge is -2.71. The molecule has 1 aromatic heterocycles. The van der Waals surface area contributed by atoms with Gasteiger partial charge in [-0.25, -0.2) is 4.79 Å². The van der Waals surface area contributed by atoms with E-state index in [-0.39, 0.29) is 16.8 Å². The van der Waals surface area contributed by atoms with Crippen molar-refractivity contribution in [2.45, 2.75) is 30.1 Å². The van der Waals surface area contributed by atoms with Gasteiger partial charge in [-0.2, -0.15) is 0 Å². The molecule has 0 saturated heterocycles. The van der Waals surface area contributed by atoms with Gasteiger partial charge in [0.05, 0.1) is 25.5 Å². The van der Waals surface area contributed by atoms with Crippen molar-refractivity contribution < 1.29 is 14.3 Å². The van der Waals surface area contributed by atoms with Crippen LogP contribution in [0.25, 0.3) is 5.69 Å². The molecule has 0 atom stereocenters. The number of hydrogen-bond donors (Lipinski definition) is 0. The van der Waals surface area contributed by atoms with Crippen LogP contribution in [-0.4, -0.2) is 24.8 Å². The van der Waals surface area contributed by atoms with Crippen molar-refractivity contribution in [3.05, 3.63) is 83.7 Å². The normalized spacial score (nSPS) is 24.8. The van der Waals surface area contributed by atoms with Gasteiger partial charge in [0.2, 0.25) is 0 Å². The van der Waals surface area contributed by atoms with Crippen LogP contribution in [0.15, 0.2) is 67.0 Å². The first kappa shape index (κ1) is 17.1. The predicted octanol–water partition coefficient (Wildman–Crippen LogP) is 4.65. The summed E-state index contributed by atoms with van der Waals surface area (Å²) in [6.07, 6.45) is 7.34. The fourth-order valence-electron chi connectivity index (χ4n) is 5.33. The molecule has 0 radical (unpaired) electrons. The highest BCUT2D eigenvalue weighted by molar-refractivity contribution is 5.94. The first-order valence-electron chi connectivity index (χ1n) is 9.61. The maximum absolute atomic E-state index is 12.4. The summed E-state index contributed by atoms with van der Waals surface area (Å²) in [6.45, 7) is 0. The fraction of sp³-hybridized carbons (Fsp3) is 0.292. The van der Waals surface area contributed by atoms with Crippen molar-refractivity contribution in [1.29, 1.82) is 0 Å². The molecule has 142 valence electrons. The molecule has 4 heteroatoms. The van der Waals surface area contributed by atoms with E-state index in [1.807, 2.05) is 53.4 Å². The number of para-hydroxylation sites is 1. The minimum atomic E-state index is -0.290. The molecule has 2 aromatic carbocycles. The molecule has 2 bridgehead atoms. The van der Waals surface area contributed by atoms with Gasteiger partial charge in [0.15, 0.2) is 0 Å². The summed E-state index contributed by atoms with van der Waals surface area (Å²) in [6, 6.07) is 18.5. The van der Waals surface area contributed by atoms with Crippen molar-refractivity contribution in [2.24, 2.45) is 0 Å². The molecule has 3 aromatic rings. The first-order valence-corrected chi connectivity index (χ1v) is 9.61. The van der Waals surface area contributed by atoms with Gasteiger partial charge in [-0.3, -0.25) is 0 Å². The Morgan fingerprint density at radius 2 is 1.57 bits per heavy atom. The molecule has 0 amide bonds. The summed E-state index contributed by atoms with van der Waals surface area (Å²) < 4.78 is 12.4. The van der Waals surface area contributed by atoms with Crippen LogP contribution in [-0.2, 0) is 15.6 Å². The van der Waals surface area contributed by atoms with E-state index in [0.29, 0.717) is 5.56 Å². The highest BCUT2D eigenvalue weighted by Crippen LogP contribution is 2.74. The molecule has 0 spiro atoms. The number of nitrogens with zero attached hydrogens (tertiary/aromatic N) is 1. The quantitative estimate of drug-likeness (QED) is 0.612. The van der Waals surface area contributed by atoms with Crippen LogP contribution < -0.4 is 4.74 Å². The smallest absolute Gasteiger partial charge is 0.340 e.